The van der Waals surface area contributed by atoms with Crippen LogP contribution >= 0.6 is 11.3 Å². The van der Waals surface area contributed by atoms with E-state index in [2.05, 4.69) is 31.6 Å². The summed E-state index contributed by atoms with van der Waals surface area (Å²) in [6, 6.07) is 2.23. The Hall–Kier alpha value is -1.79. The lowest BCUT2D eigenvalue weighted by Crippen LogP contribution is -2.34. The van der Waals surface area contributed by atoms with Crippen LogP contribution in [0.5, 0.6) is 0 Å². The molecule has 0 fully saturated rings. The van der Waals surface area contributed by atoms with Crippen LogP contribution in [0.1, 0.15) is 27.8 Å². The van der Waals surface area contributed by atoms with E-state index >= 15 is 0 Å². The summed E-state index contributed by atoms with van der Waals surface area (Å²) in [7, 11) is 4.00. The first-order chi connectivity index (χ1) is 9.58. The highest BCUT2D eigenvalue weighted by molar-refractivity contribution is 7.07. The van der Waals surface area contributed by atoms with Crippen LogP contribution in [0.3, 0.4) is 0 Å². The quantitative estimate of drug-likeness (QED) is 0.913. The largest absolute Gasteiger partial charge is 0.349 e. The smallest absolute Gasteiger partial charge is 0.271 e. The van der Waals surface area contributed by atoms with E-state index in [1.807, 2.05) is 26.4 Å². The number of hydrogen-bond acceptors (Lipinski definition) is 5. The first-order valence-corrected chi connectivity index (χ1v) is 7.27. The zero-order chi connectivity index (χ0) is 14.5. The van der Waals surface area contributed by atoms with E-state index in [9.17, 15) is 4.79 Å². The van der Waals surface area contributed by atoms with Crippen molar-refractivity contribution in [3.05, 3.63) is 46.2 Å². The molecule has 0 saturated heterocycles. The molecule has 0 saturated carbocycles. The van der Waals surface area contributed by atoms with Gasteiger partial charge in [-0.1, -0.05) is 0 Å². The molecule has 0 aliphatic heterocycles. The average molecular weight is 290 g/mol. The summed E-state index contributed by atoms with van der Waals surface area (Å²) in [4.78, 5) is 22.3. The van der Waals surface area contributed by atoms with Crippen molar-refractivity contribution < 1.29 is 4.79 Å². The second-order valence-electron chi connectivity index (χ2n) is 4.79. The minimum atomic E-state index is -0.195. The number of nitrogens with one attached hydrogen (secondary N) is 1. The van der Waals surface area contributed by atoms with Crippen molar-refractivity contribution in [2.75, 3.05) is 20.6 Å². The van der Waals surface area contributed by atoms with Crippen molar-refractivity contribution in [1.29, 1.82) is 0 Å². The van der Waals surface area contributed by atoms with Gasteiger partial charge < -0.3 is 10.2 Å². The fourth-order valence-electron chi connectivity index (χ4n) is 1.85. The summed E-state index contributed by atoms with van der Waals surface area (Å²) in [5.41, 5.74) is 2.35. The zero-order valence-corrected chi connectivity index (χ0v) is 12.6. The lowest BCUT2D eigenvalue weighted by molar-refractivity contribution is 0.0936. The first kappa shape index (κ1) is 14.6. The molecule has 0 bridgehead atoms. The van der Waals surface area contributed by atoms with Gasteiger partial charge in [-0.15, -0.1) is 0 Å². The number of thiophene rings is 1. The normalized spacial score (nSPS) is 12.4. The standard InChI is InChI=1S/C14H18N4OS/c1-10-6-16-12(7-15-10)14(19)17-8-13(18(2)3)11-4-5-20-9-11/h4-7,9,13H,8H2,1-3H3,(H,17,19). The molecule has 1 unspecified atom stereocenters. The lowest BCUT2D eigenvalue weighted by Gasteiger charge is -2.23. The third-order valence-electron chi connectivity index (χ3n) is 3.02. The van der Waals surface area contributed by atoms with Crippen LogP contribution in [0, 0.1) is 6.92 Å². The molecular weight excluding hydrogens is 272 g/mol. The molecule has 1 atom stereocenters. The highest BCUT2D eigenvalue weighted by atomic mass is 32.1. The summed E-state index contributed by atoms with van der Waals surface area (Å²) in [5, 5.41) is 7.05. The molecule has 2 aromatic rings. The highest BCUT2D eigenvalue weighted by Crippen LogP contribution is 2.19. The summed E-state index contributed by atoms with van der Waals surface area (Å²) in [6.45, 7) is 2.38. The number of aryl methyl sites for hydroxylation is 1. The monoisotopic (exact) mass is 290 g/mol. The lowest BCUT2D eigenvalue weighted by atomic mass is 10.1. The number of amides is 1. The molecule has 2 heterocycles. The minimum Gasteiger partial charge on any atom is -0.349 e. The Morgan fingerprint density at radius 2 is 2.20 bits per heavy atom. The van der Waals surface area contributed by atoms with E-state index < -0.39 is 0 Å². The number of hydrogen-bond donors (Lipinski definition) is 1. The summed E-state index contributed by atoms with van der Waals surface area (Å²) in [6.07, 6.45) is 3.09. The van der Waals surface area contributed by atoms with Gasteiger partial charge in [-0.2, -0.15) is 11.3 Å². The van der Waals surface area contributed by atoms with E-state index in [1.54, 1.807) is 17.5 Å². The van der Waals surface area contributed by atoms with Gasteiger partial charge in [0.05, 0.1) is 17.9 Å². The van der Waals surface area contributed by atoms with Gasteiger partial charge in [0.15, 0.2) is 0 Å². The van der Waals surface area contributed by atoms with Gasteiger partial charge >= 0.3 is 0 Å². The van der Waals surface area contributed by atoms with Gasteiger partial charge in [0.25, 0.3) is 5.91 Å². The van der Waals surface area contributed by atoms with Gasteiger partial charge in [-0.05, 0) is 43.4 Å². The van der Waals surface area contributed by atoms with Gasteiger partial charge in [-0.25, -0.2) is 4.98 Å². The predicted octanol–water partition coefficient (Wildman–Crippen LogP) is 1.88. The predicted molar refractivity (Wildman–Crippen MR) is 79.8 cm³/mol. The second-order valence-corrected chi connectivity index (χ2v) is 5.57. The second kappa shape index (κ2) is 6.58. The van der Waals surface area contributed by atoms with Crippen LogP contribution < -0.4 is 5.32 Å². The maximum absolute atomic E-state index is 12.0. The number of carbonyl (C=O) groups excluding carboxylic acids is 1. The van der Waals surface area contributed by atoms with Gasteiger partial charge in [0.1, 0.15) is 5.69 Å². The number of nitrogens with zero attached hydrogens (tertiary/aromatic N) is 3. The van der Waals surface area contributed by atoms with Crippen molar-refractivity contribution in [2.45, 2.75) is 13.0 Å². The molecule has 1 N–H and O–H groups in total. The van der Waals surface area contributed by atoms with Crippen LogP contribution in [0.4, 0.5) is 0 Å². The average Bonchev–Trinajstić information content (AvgIpc) is 2.93. The third-order valence-corrected chi connectivity index (χ3v) is 3.72. The minimum absolute atomic E-state index is 0.156. The zero-order valence-electron chi connectivity index (χ0n) is 11.8. The molecule has 0 aliphatic carbocycles. The summed E-state index contributed by atoms with van der Waals surface area (Å²) in [5.74, 6) is -0.195. The Morgan fingerprint density at radius 3 is 2.75 bits per heavy atom. The van der Waals surface area contributed by atoms with Crippen molar-refractivity contribution in [3.8, 4) is 0 Å². The number of aromatic nitrogens is 2. The molecule has 2 rings (SSSR count). The summed E-state index contributed by atoms with van der Waals surface area (Å²) >= 11 is 1.66. The van der Waals surface area contributed by atoms with Crippen molar-refractivity contribution in [1.82, 2.24) is 20.2 Å². The maximum Gasteiger partial charge on any atom is 0.271 e. The van der Waals surface area contributed by atoms with Gasteiger partial charge in [0.2, 0.25) is 0 Å². The fraction of sp³-hybridized carbons (Fsp3) is 0.357. The maximum atomic E-state index is 12.0. The Kier molecular flexibility index (Phi) is 4.81. The Bertz CT molecular complexity index is 551. The fourth-order valence-corrected chi connectivity index (χ4v) is 2.56. The number of likely N-dealkylation sites (N-methyl/N-ethyl adjacent to an activating group) is 1. The Morgan fingerprint density at radius 1 is 1.40 bits per heavy atom. The molecular formula is C14H18N4OS. The van der Waals surface area contributed by atoms with E-state index in [0.717, 1.165) is 5.69 Å². The van der Waals surface area contributed by atoms with Crippen LogP contribution in [0.25, 0.3) is 0 Å². The Balaban J connectivity index is 1.99. The molecule has 0 aliphatic rings. The molecule has 1 amide bonds. The molecule has 6 heteroatoms. The van der Waals surface area contributed by atoms with Crippen LogP contribution in [0.15, 0.2) is 29.2 Å². The number of rotatable bonds is 5. The molecule has 5 nitrogen and oxygen atoms in total. The van der Waals surface area contributed by atoms with E-state index in [0.29, 0.717) is 12.2 Å². The Labute approximate surface area is 122 Å². The van der Waals surface area contributed by atoms with E-state index in [4.69, 9.17) is 0 Å². The molecule has 0 aromatic carbocycles. The van der Waals surface area contributed by atoms with Crippen molar-refractivity contribution >= 4 is 17.2 Å². The topological polar surface area (TPSA) is 58.1 Å². The van der Waals surface area contributed by atoms with Gasteiger partial charge in [0, 0.05) is 12.7 Å². The molecule has 0 radical (unpaired) electrons. The van der Waals surface area contributed by atoms with Crippen molar-refractivity contribution in [2.24, 2.45) is 0 Å². The SMILES string of the molecule is Cc1cnc(C(=O)NCC(c2ccsc2)N(C)C)cn1. The van der Waals surface area contributed by atoms with Crippen LogP contribution in [-0.4, -0.2) is 41.4 Å². The van der Waals surface area contributed by atoms with E-state index in [-0.39, 0.29) is 11.9 Å². The highest BCUT2D eigenvalue weighted by Gasteiger charge is 2.16. The molecule has 20 heavy (non-hydrogen) atoms. The summed E-state index contributed by atoms with van der Waals surface area (Å²) < 4.78 is 0. The van der Waals surface area contributed by atoms with Crippen molar-refractivity contribution in [3.63, 3.8) is 0 Å². The molecule has 2 aromatic heterocycles. The van der Waals surface area contributed by atoms with E-state index in [1.165, 1.54) is 11.8 Å². The number of carbonyl (C=O) groups is 1. The van der Waals surface area contributed by atoms with Crippen LogP contribution in [-0.2, 0) is 0 Å². The molecule has 0 spiro atoms. The third kappa shape index (κ3) is 3.61. The van der Waals surface area contributed by atoms with Gasteiger partial charge in [-0.3, -0.25) is 9.78 Å². The first-order valence-electron chi connectivity index (χ1n) is 6.33. The molecule has 106 valence electrons. The van der Waals surface area contributed by atoms with Crippen LogP contribution in [0.2, 0.25) is 0 Å².